The van der Waals surface area contributed by atoms with Gasteiger partial charge in [0, 0.05) is 25.0 Å². The summed E-state index contributed by atoms with van der Waals surface area (Å²) in [6, 6.07) is 0.332. The molecule has 3 N–H and O–H groups in total. The van der Waals surface area contributed by atoms with Gasteiger partial charge in [-0.1, -0.05) is 6.42 Å². The molecular weight excluding hydrogens is 214 g/mol. The van der Waals surface area contributed by atoms with Crippen molar-refractivity contribution in [1.29, 1.82) is 0 Å². The highest BCUT2D eigenvalue weighted by atomic mass is 15.3. The molecule has 2 rings (SSSR count). The van der Waals surface area contributed by atoms with Crippen LogP contribution in [0.1, 0.15) is 51.3 Å². The van der Waals surface area contributed by atoms with Gasteiger partial charge in [-0.05, 0) is 33.1 Å². The fourth-order valence-corrected chi connectivity index (χ4v) is 2.68. The maximum absolute atomic E-state index is 6.05. The zero-order chi connectivity index (χ0) is 12.3. The van der Waals surface area contributed by atoms with E-state index in [0.717, 1.165) is 37.7 Å². The van der Waals surface area contributed by atoms with Gasteiger partial charge in [0.2, 0.25) is 5.95 Å². The van der Waals surface area contributed by atoms with Crippen molar-refractivity contribution < 1.29 is 0 Å². The fraction of sp³-hybridized carbons (Fsp3) is 0.833. The Balaban J connectivity index is 2.19. The molecule has 0 spiro atoms. The molecule has 1 aromatic heterocycles. The molecule has 2 atom stereocenters. The van der Waals surface area contributed by atoms with Crippen LogP contribution in [-0.4, -0.2) is 27.4 Å². The maximum atomic E-state index is 6.05. The Labute approximate surface area is 103 Å². The maximum Gasteiger partial charge on any atom is 0.224 e. The largest absolute Gasteiger partial charge is 0.355 e. The first-order valence-electron chi connectivity index (χ1n) is 6.68. The normalized spacial score (nSPS) is 24.9. The summed E-state index contributed by atoms with van der Waals surface area (Å²) in [6.45, 7) is 6.00. The van der Waals surface area contributed by atoms with Crippen LogP contribution < -0.4 is 11.1 Å². The lowest BCUT2D eigenvalue weighted by molar-refractivity contribution is 0.374. The quantitative estimate of drug-likeness (QED) is 0.836. The molecule has 17 heavy (non-hydrogen) atoms. The molecule has 1 aliphatic rings. The molecule has 1 fully saturated rings. The minimum atomic E-state index is 0.332. The van der Waals surface area contributed by atoms with Crippen LogP contribution >= 0.6 is 0 Å². The lowest BCUT2D eigenvalue weighted by atomic mass is 9.85. The van der Waals surface area contributed by atoms with Crippen LogP contribution in [0.4, 0.5) is 5.95 Å². The molecule has 0 bridgehead atoms. The van der Waals surface area contributed by atoms with Crippen LogP contribution in [0.25, 0.3) is 0 Å². The highest BCUT2D eigenvalue weighted by Crippen LogP contribution is 2.32. The van der Waals surface area contributed by atoms with Gasteiger partial charge < -0.3 is 11.1 Å². The molecule has 5 heteroatoms. The Morgan fingerprint density at radius 1 is 1.35 bits per heavy atom. The third-order valence-electron chi connectivity index (χ3n) is 3.51. The number of nitrogens with one attached hydrogen (secondary N) is 1. The van der Waals surface area contributed by atoms with E-state index in [1.807, 2.05) is 0 Å². The number of rotatable bonds is 4. The summed E-state index contributed by atoms with van der Waals surface area (Å²) in [7, 11) is 0. The summed E-state index contributed by atoms with van der Waals surface area (Å²) in [5.41, 5.74) is 6.05. The zero-order valence-electron chi connectivity index (χ0n) is 10.8. The van der Waals surface area contributed by atoms with Gasteiger partial charge in [0.25, 0.3) is 0 Å². The lowest BCUT2D eigenvalue weighted by Gasteiger charge is -2.26. The van der Waals surface area contributed by atoms with E-state index in [-0.39, 0.29) is 0 Å². The molecule has 1 aromatic rings. The van der Waals surface area contributed by atoms with E-state index >= 15 is 0 Å². The average Bonchev–Trinajstić information content (AvgIpc) is 2.72. The summed E-state index contributed by atoms with van der Waals surface area (Å²) in [6.07, 6.45) is 4.60. The molecule has 96 valence electrons. The molecular formula is C12H23N5. The van der Waals surface area contributed by atoms with E-state index in [9.17, 15) is 0 Å². The van der Waals surface area contributed by atoms with Crippen molar-refractivity contribution in [3.8, 4) is 0 Å². The number of aromatic nitrogens is 3. The summed E-state index contributed by atoms with van der Waals surface area (Å²) >= 11 is 0. The zero-order valence-corrected chi connectivity index (χ0v) is 10.8. The number of anilines is 1. The van der Waals surface area contributed by atoms with E-state index in [2.05, 4.69) is 33.9 Å². The van der Waals surface area contributed by atoms with Gasteiger partial charge in [0.1, 0.15) is 5.82 Å². The molecule has 1 saturated carbocycles. The molecule has 0 aromatic carbocycles. The molecule has 5 nitrogen and oxygen atoms in total. The highest BCUT2D eigenvalue weighted by molar-refractivity contribution is 5.26. The topological polar surface area (TPSA) is 68.8 Å². The third-order valence-corrected chi connectivity index (χ3v) is 3.51. The Morgan fingerprint density at radius 3 is 2.82 bits per heavy atom. The van der Waals surface area contributed by atoms with Crippen LogP contribution in [0.3, 0.4) is 0 Å². The minimum Gasteiger partial charge on any atom is -0.355 e. The SMILES string of the molecule is CCNc1nnc(C2CCCC(N)C2)n1CC. The first-order chi connectivity index (χ1) is 8.26. The van der Waals surface area contributed by atoms with Gasteiger partial charge in [-0.15, -0.1) is 10.2 Å². The third kappa shape index (κ3) is 2.60. The van der Waals surface area contributed by atoms with Crippen molar-refractivity contribution in [3.05, 3.63) is 5.82 Å². The predicted molar refractivity (Wildman–Crippen MR) is 69.0 cm³/mol. The molecule has 0 aliphatic heterocycles. The number of nitrogens with zero attached hydrogens (tertiary/aromatic N) is 3. The van der Waals surface area contributed by atoms with Crippen molar-refractivity contribution in [3.63, 3.8) is 0 Å². The number of hydrogen-bond acceptors (Lipinski definition) is 4. The van der Waals surface area contributed by atoms with Gasteiger partial charge in [-0.25, -0.2) is 0 Å². The molecule has 0 amide bonds. The minimum absolute atomic E-state index is 0.332. The second-order valence-electron chi connectivity index (χ2n) is 4.78. The van der Waals surface area contributed by atoms with E-state index in [1.54, 1.807) is 0 Å². The standard InChI is InChI=1S/C12H23N5/c1-3-14-12-16-15-11(17(12)4-2)9-6-5-7-10(13)8-9/h9-10H,3-8,13H2,1-2H3,(H,14,16). The molecule has 2 unspecified atom stereocenters. The van der Waals surface area contributed by atoms with Crippen LogP contribution in [0.15, 0.2) is 0 Å². The Morgan fingerprint density at radius 2 is 2.18 bits per heavy atom. The first kappa shape index (κ1) is 12.4. The summed E-state index contributed by atoms with van der Waals surface area (Å²) < 4.78 is 2.19. The van der Waals surface area contributed by atoms with E-state index in [0.29, 0.717) is 12.0 Å². The van der Waals surface area contributed by atoms with Crippen LogP contribution in [0, 0.1) is 0 Å². The van der Waals surface area contributed by atoms with E-state index in [1.165, 1.54) is 12.8 Å². The van der Waals surface area contributed by atoms with E-state index in [4.69, 9.17) is 5.73 Å². The average molecular weight is 237 g/mol. The summed E-state index contributed by atoms with van der Waals surface area (Å²) in [5, 5.41) is 11.9. The van der Waals surface area contributed by atoms with Crippen molar-refractivity contribution in [2.45, 2.75) is 58.0 Å². The van der Waals surface area contributed by atoms with Gasteiger partial charge in [-0.2, -0.15) is 0 Å². The van der Waals surface area contributed by atoms with Gasteiger partial charge >= 0.3 is 0 Å². The van der Waals surface area contributed by atoms with Crippen LogP contribution in [0.2, 0.25) is 0 Å². The first-order valence-corrected chi connectivity index (χ1v) is 6.68. The monoisotopic (exact) mass is 237 g/mol. The molecule has 1 aliphatic carbocycles. The van der Waals surface area contributed by atoms with Crippen molar-refractivity contribution in [2.75, 3.05) is 11.9 Å². The highest BCUT2D eigenvalue weighted by Gasteiger charge is 2.25. The smallest absolute Gasteiger partial charge is 0.224 e. The number of nitrogens with two attached hydrogens (primary N) is 1. The van der Waals surface area contributed by atoms with Gasteiger partial charge in [-0.3, -0.25) is 4.57 Å². The Hall–Kier alpha value is -1.10. The van der Waals surface area contributed by atoms with Crippen LogP contribution in [-0.2, 0) is 6.54 Å². The summed E-state index contributed by atoms with van der Waals surface area (Å²) in [4.78, 5) is 0. The Kier molecular flexibility index (Phi) is 3.99. The van der Waals surface area contributed by atoms with E-state index < -0.39 is 0 Å². The molecule has 0 saturated heterocycles. The number of hydrogen-bond donors (Lipinski definition) is 2. The second-order valence-corrected chi connectivity index (χ2v) is 4.78. The van der Waals surface area contributed by atoms with Crippen molar-refractivity contribution in [1.82, 2.24) is 14.8 Å². The van der Waals surface area contributed by atoms with Crippen molar-refractivity contribution in [2.24, 2.45) is 5.73 Å². The van der Waals surface area contributed by atoms with Gasteiger partial charge in [0.15, 0.2) is 0 Å². The predicted octanol–water partition coefficient (Wildman–Crippen LogP) is 1.71. The Bertz CT molecular complexity index is 360. The summed E-state index contributed by atoms with van der Waals surface area (Å²) in [5.74, 6) is 2.49. The fourth-order valence-electron chi connectivity index (χ4n) is 2.68. The van der Waals surface area contributed by atoms with Crippen LogP contribution in [0.5, 0.6) is 0 Å². The molecule has 0 radical (unpaired) electrons. The lowest BCUT2D eigenvalue weighted by Crippen LogP contribution is -2.28. The second kappa shape index (κ2) is 5.49. The molecule has 1 heterocycles. The van der Waals surface area contributed by atoms with Gasteiger partial charge in [0.05, 0.1) is 0 Å². The van der Waals surface area contributed by atoms with Crippen molar-refractivity contribution >= 4 is 5.95 Å².